The van der Waals surface area contributed by atoms with Gasteiger partial charge in [0.05, 0.1) is 4.47 Å². The van der Waals surface area contributed by atoms with Crippen LogP contribution in [0.4, 0.5) is 5.69 Å². The van der Waals surface area contributed by atoms with Gasteiger partial charge < -0.3 is 15.2 Å². The van der Waals surface area contributed by atoms with Gasteiger partial charge in [-0.25, -0.2) is 0 Å². The number of hydrogen-bond acceptors (Lipinski definition) is 3. The summed E-state index contributed by atoms with van der Waals surface area (Å²) in [4.78, 5) is 12.0. The number of aromatic hydroxyl groups is 1. The third kappa shape index (κ3) is 4.31. The Balaban J connectivity index is 1.74. The Kier molecular flexibility index (Phi) is 4.68. The number of anilines is 1. The van der Waals surface area contributed by atoms with Gasteiger partial charge in [-0.15, -0.1) is 0 Å². The molecule has 4 nitrogen and oxygen atoms in total. The lowest BCUT2D eigenvalue weighted by Crippen LogP contribution is -2.27. The molecule has 2 aromatic rings. The lowest BCUT2D eigenvalue weighted by atomic mass is 10.0. The molecule has 1 aliphatic rings. The molecule has 0 saturated heterocycles. The van der Waals surface area contributed by atoms with Gasteiger partial charge in [-0.3, -0.25) is 4.79 Å². The van der Waals surface area contributed by atoms with Crippen LogP contribution in [0.3, 0.4) is 0 Å². The standard InChI is InChI=1S/C20H18BrNO3/c1-20(2)10-9-14-11-13(12-17(21)19(14)25-20)3-8-18(24)22-15-4-6-16(23)7-5-15/h3-12,23H,1-2H3,(H,22,24). The first-order valence-electron chi connectivity index (χ1n) is 7.82. The number of amides is 1. The van der Waals surface area contributed by atoms with E-state index in [-0.39, 0.29) is 17.3 Å². The lowest BCUT2D eigenvalue weighted by molar-refractivity contribution is -0.111. The molecule has 0 atom stereocenters. The van der Waals surface area contributed by atoms with Crippen molar-refractivity contribution in [3.63, 3.8) is 0 Å². The summed E-state index contributed by atoms with van der Waals surface area (Å²) in [6.07, 6.45) is 7.25. The van der Waals surface area contributed by atoms with E-state index < -0.39 is 0 Å². The Morgan fingerprint density at radius 2 is 1.96 bits per heavy atom. The molecule has 0 saturated carbocycles. The van der Waals surface area contributed by atoms with Crippen LogP contribution in [-0.4, -0.2) is 16.6 Å². The molecule has 0 aliphatic carbocycles. The summed E-state index contributed by atoms with van der Waals surface area (Å²) in [5.41, 5.74) is 2.14. The molecule has 3 rings (SSSR count). The fourth-order valence-corrected chi connectivity index (χ4v) is 3.03. The number of halogens is 1. The molecule has 0 bridgehead atoms. The molecule has 0 fully saturated rings. The predicted octanol–water partition coefficient (Wildman–Crippen LogP) is 4.99. The summed E-state index contributed by atoms with van der Waals surface area (Å²) in [5.74, 6) is 0.719. The van der Waals surface area contributed by atoms with Crippen LogP contribution >= 0.6 is 15.9 Å². The van der Waals surface area contributed by atoms with Crippen LogP contribution in [0.5, 0.6) is 11.5 Å². The van der Waals surface area contributed by atoms with Crippen molar-refractivity contribution in [2.75, 3.05) is 5.32 Å². The highest BCUT2D eigenvalue weighted by molar-refractivity contribution is 9.10. The highest BCUT2D eigenvalue weighted by Crippen LogP contribution is 2.38. The van der Waals surface area contributed by atoms with E-state index in [1.807, 2.05) is 38.1 Å². The number of rotatable bonds is 3. The molecule has 1 amide bonds. The van der Waals surface area contributed by atoms with Crippen LogP contribution in [0.1, 0.15) is 25.0 Å². The average Bonchev–Trinajstić information content (AvgIpc) is 2.55. The summed E-state index contributed by atoms with van der Waals surface area (Å²) >= 11 is 3.54. The summed E-state index contributed by atoms with van der Waals surface area (Å²) < 4.78 is 6.81. The van der Waals surface area contributed by atoms with Gasteiger partial charge >= 0.3 is 0 Å². The summed E-state index contributed by atoms with van der Waals surface area (Å²) in [6, 6.07) is 10.2. The van der Waals surface area contributed by atoms with E-state index in [4.69, 9.17) is 4.74 Å². The zero-order valence-corrected chi connectivity index (χ0v) is 15.5. The van der Waals surface area contributed by atoms with Gasteiger partial charge in [0.2, 0.25) is 5.91 Å². The summed E-state index contributed by atoms with van der Waals surface area (Å²) in [6.45, 7) is 4.00. The molecule has 2 aromatic carbocycles. The fourth-order valence-electron chi connectivity index (χ4n) is 2.45. The predicted molar refractivity (Wildman–Crippen MR) is 104 cm³/mol. The number of nitrogens with one attached hydrogen (secondary N) is 1. The normalized spacial score (nSPS) is 14.8. The number of ether oxygens (including phenoxy) is 1. The van der Waals surface area contributed by atoms with Gasteiger partial charge in [0.1, 0.15) is 17.1 Å². The molecule has 0 radical (unpaired) electrons. The van der Waals surface area contributed by atoms with Crippen LogP contribution in [0.25, 0.3) is 12.2 Å². The topological polar surface area (TPSA) is 58.6 Å². The van der Waals surface area contributed by atoms with E-state index in [9.17, 15) is 9.90 Å². The van der Waals surface area contributed by atoms with Crippen molar-refractivity contribution in [2.24, 2.45) is 0 Å². The van der Waals surface area contributed by atoms with E-state index in [0.717, 1.165) is 21.3 Å². The van der Waals surface area contributed by atoms with E-state index in [2.05, 4.69) is 21.2 Å². The number of hydrogen-bond donors (Lipinski definition) is 2. The minimum atomic E-state index is -0.336. The molecular formula is C20H18BrNO3. The Morgan fingerprint density at radius 3 is 2.68 bits per heavy atom. The second-order valence-corrected chi connectivity index (χ2v) is 7.18. The van der Waals surface area contributed by atoms with E-state index in [1.165, 1.54) is 18.2 Å². The lowest BCUT2D eigenvalue weighted by Gasteiger charge is -2.28. The minimum absolute atomic E-state index is 0.158. The number of phenols is 1. The third-order valence-corrected chi connectivity index (χ3v) is 4.28. The highest BCUT2D eigenvalue weighted by Gasteiger charge is 2.23. The molecule has 0 unspecified atom stereocenters. The largest absolute Gasteiger partial charge is 0.508 e. The second kappa shape index (κ2) is 6.76. The van der Waals surface area contributed by atoms with Gasteiger partial charge in [0.15, 0.2) is 0 Å². The number of fused-ring (bicyclic) bond motifs is 1. The van der Waals surface area contributed by atoms with Crippen molar-refractivity contribution in [1.29, 1.82) is 0 Å². The maximum atomic E-state index is 12.0. The monoisotopic (exact) mass is 399 g/mol. The van der Waals surface area contributed by atoms with Gasteiger partial charge in [-0.1, -0.05) is 6.08 Å². The smallest absolute Gasteiger partial charge is 0.248 e. The van der Waals surface area contributed by atoms with Crippen molar-refractivity contribution in [1.82, 2.24) is 0 Å². The SMILES string of the molecule is CC1(C)C=Cc2cc(C=CC(=O)Nc3ccc(O)cc3)cc(Br)c2O1. The molecule has 0 aromatic heterocycles. The highest BCUT2D eigenvalue weighted by atomic mass is 79.9. The molecule has 2 N–H and O–H groups in total. The Morgan fingerprint density at radius 1 is 1.24 bits per heavy atom. The maximum absolute atomic E-state index is 12.0. The molecule has 25 heavy (non-hydrogen) atoms. The van der Waals surface area contributed by atoms with Gasteiger partial charge in [0, 0.05) is 17.3 Å². The first-order valence-corrected chi connectivity index (χ1v) is 8.62. The molecule has 0 spiro atoms. The van der Waals surface area contributed by atoms with Crippen molar-refractivity contribution in [2.45, 2.75) is 19.4 Å². The van der Waals surface area contributed by atoms with Crippen LogP contribution < -0.4 is 10.1 Å². The van der Waals surface area contributed by atoms with Crippen molar-refractivity contribution < 1.29 is 14.6 Å². The quantitative estimate of drug-likeness (QED) is 0.564. The molecular weight excluding hydrogens is 382 g/mol. The van der Waals surface area contributed by atoms with Crippen molar-refractivity contribution in [3.05, 3.63) is 64.1 Å². The first kappa shape index (κ1) is 17.3. The Labute approximate surface area is 155 Å². The fraction of sp³-hybridized carbons (Fsp3) is 0.150. The first-order chi connectivity index (χ1) is 11.8. The van der Waals surface area contributed by atoms with E-state index in [0.29, 0.717) is 5.69 Å². The summed E-state index contributed by atoms with van der Waals surface area (Å²) in [7, 11) is 0. The minimum Gasteiger partial charge on any atom is -0.508 e. The van der Waals surface area contributed by atoms with Crippen LogP contribution in [0.2, 0.25) is 0 Å². The van der Waals surface area contributed by atoms with Crippen LogP contribution in [0, 0.1) is 0 Å². The Hall–Kier alpha value is -2.53. The molecule has 1 aliphatic heterocycles. The molecule has 128 valence electrons. The number of carbonyl (C=O) groups is 1. The number of carbonyl (C=O) groups excluding carboxylic acids is 1. The van der Waals surface area contributed by atoms with Gasteiger partial charge in [0.25, 0.3) is 0 Å². The van der Waals surface area contributed by atoms with Crippen LogP contribution in [0.15, 0.2) is 53.0 Å². The summed E-state index contributed by atoms with van der Waals surface area (Å²) in [5, 5.41) is 12.0. The Bertz CT molecular complexity index is 867. The molecule has 5 heteroatoms. The average molecular weight is 400 g/mol. The number of phenolic OH excluding ortho intramolecular Hbond substituents is 1. The molecule has 1 heterocycles. The maximum Gasteiger partial charge on any atom is 0.248 e. The van der Waals surface area contributed by atoms with E-state index in [1.54, 1.807) is 18.2 Å². The van der Waals surface area contributed by atoms with Crippen LogP contribution in [-0.2, 0) is 4.79 Å². The zero-order valence-electron chi connectivity index (χ0n) is 13.9. The van der Waals surface area contributed by atoms with Gasteiger partial charge in [-0.05, 0) is 83.9 Å². The zero-order chi connectivity index (χ0) is 18.0. The van der Waals surface area contributed by atoms with Crippen molar-refractivity contribution >= 4 is 39.7 Å². The second-order valence-electron chi connectivity index (χ2n) is 6.33. The van der Waals surface area contributed by atoms with Crippen molar-refractivity contribution in [3.8, 4) is 11.5 Å². The van der Waals surface area contributed by atoms with E-state index >= 15 is 0 Å². The number of benzene rings is 2. The third-order valence-electron chi connectivity index (χ3n) is 3.69. The van der Waals surface area contributed by atoms with Gasteiger partial charge in [-0.2, -0.15) is 0 Å².